The van der Waals surface area contributed by atoms with Crippen molar-refractivity contribution in [1.29, 1.82) is 0 Å². The van der Waals surface area contributed by atoms with Crippen molar-refractivity contribution in [1.82, 2.24) is 10.6 Å². The zero-order valence-electron chi connectivity index (χ0n) is 15.0. The Morgan fingerprint density at radius 3 is 2.25 bits per heavy atom. The highest BCUT2D eigenvalue weighted by atomic mass is 16.5. The molecule has 0 aliphatic carbocycles. The maximum absolute atomic E-state index is 11.7. The first-order valence-corrected chi connectivity index (χ1v) is 8.42. The van der Waals surface area contributed by atoms with Crippen LogP contribution in [0.2, 0.25) is 0 Å². The van der Waals surface area contributed by atoms with Crippen LogP contribution in [-0.4, -0.2) is 38.1 Å². The van der Waals surface area contributed by atoms with Crippen LogP contribution in [0.3, 0.4) is 0 Å². The summed E-state index contributed by atoms with van der Waals surface area (Å²) in [5.41, 5.74) is 1.00. The molecule has 0 spiro atoms. The van der Waals surface area contributed by atoms with Crippen LogP contribution in [0.5, 0.6) is 11.5 Å². The highest BCUT2D eigenvalue weighted by Gasteiger charge is 2.13. The van der Waals surface area contributed by atoms with Crippen LogP contribution in [0.4, 0.5) is 0 Å². The molecule has 6 heteroatoms. The second-order valence-electron chi connectivity index (χ2n) is 5.76. The summed E-state index contributed by atoms with van der Waals surface area (Å²) in [5.74, 6) is 0.512. The summed E-state index contributed by atoms with van der Waals surface area (Å²) in [7, 11) is 0. The van der Waals surface area contributed by atoms with E-state index in [4.69, 9.17) is 9.47 Å². The third-order valence-electron chi connectivity index (χ3n) is 3.18. The second-order valence-corrected chi connectivity index (χ2v) is 5.76. The van der Waals surface area contributed by atoms with Gasteiger partial charge in [-0.3, -0.25) is 9.59 Å². The maximum Gasteiger partial charge on any atom is 0.309 e. The molecule has 0 heterocycles. The van der Waals surface area contributed by atoms with Crippen LogP contribution in [-0.2, 0) is 16.0 Å². The lowest BCUT2D eigenvalue weighted by molar-refractivity contribution is -0.139. The molecule has 1 aromatic rings. The largest absolute Gasteiger partial charge is 0.490 e. The first-order valence-electron chi connectivity index (χ1n) is 8.42. The summed E-state index contributed by atoms with van der Waals surface area (Å²) in [5, 5.41) is 5.21. The molecule has 1 rings (SSSR count). The molecule has 134 valence electrons. The molecule has 0 aromatic heterocycles. The molecule has 6 nitrogen and oxygen atoms in total. The molecule has 0 unspecified atom stereocenters. The van der Waals surface area contributed by atoms with E-state index in [2.05, 4.69) is 10.6 Å². The summed E-state index contributed by atoms with van der Waals surface area (Å²) >= 11 is 0. The van der Waals surface area contributed by atoms with Crippen molar-refractivity contribution in [2.24, 2.45) is 5.92 Å². The van der Waals surface area contributed by atoms with Gasteiger partial charge in [-0.25, -0.2) is 0 Å². The Hall–Kier alpha value is -2.24. The van der Waals surface area contributed by atoms with Crippen LogP contribution in [0.1, 0.15) is 33.3 Å². The number of rotatable bonds is 9. The average molecular weight is 336 g/mol. The number of ether oxygens (including phenoxy) is 2. The lowest BCUT2D eigenvalue weighted by Crippen LogP contribution is -2.41. The summed E-state index contributed by atoms with van der Waals surface area (Å²) < 4.78 is 11.1. The van der Waals surface area contributed by atoms with Crippen molar-refractivity contribution in [3.8, 4) is 11.5 Å². The van der Waals surface area contributed by atoms with E-state index in [9.17, 15) is 9.59 Å². The number of carbonyl (C=O) groups is 2. The third kappa shape index (κ3) is 6.89. The Bertz CT molecular complexity index is 544. The van der Waals surface area contributed by atoms with Gasteiger partial charge in [0.05, 0.1) is 13.2 Å². The minimum atomic E-state index is -0.605. The van der Waals surface area contributed by atoms with E-state index < -0.39 is 11.8 Å². The first kappa shape index (κ1) is 19.8. The normalized spacial score (nSPS) is 10.4. The molecule has 0 fully saturated rings. The van der Waals surface area contributed by atoms with Gasteiger partial charge in [0.2, 0.25) is 0 Å². The molecule has 0 radical (unpaired) electrons. The van der Waals surface area contributed by atoms with Crippen molar-refractivity contribution in [2.45, 2.75) is 34.1 Å². The van der Waals surface area contributed by atoms with Crippen molar-refractivity contribution in [3.05, 3.63) is 23.8 Å². The van der Waals surface area contributed by atoms with Crippen LogP contribution in [0.15, 0.2) is 18.2 Å². The lowest BCUT2D eigenvalue weighted by atomic mass is 10.1. The second kappa shape index (κ2) is 10.5. The zero-order valence-corrected chi connectivity index (χ0v) is 15.0. The van der Waals surface area contributed by atoms with Gasteiger partial charge in [0.25, 0.3) is 0 Å². The van der Waals surface area contributed by atoms with Gasteiger partial charge in [0, 0.05) is 13.1 Å². The van der Waals surface area contributed by atoms with E-state index >= 15 is 0 Å². The fraction of sp³-hybridized carbons (Fsp3) is 0.556. The quantitative estimate of drug-likeness (QED) is 0.676. The third-order valence-corrected chi connectivity index (χ3v) is 3.18. The number of amides is 2. The Kier molecular flexibility index (Phi) is 8.68. The molecule has 0 saturated carbocycles. The predicted octanol–water partition coefficient (Wildman–Crippen LogP) is 1.91. The van der Waals surface area contributed by atoms with Crippen LogP contribution in [0.25, 0.3) is 0 Å². The highest BCUT2D eigenvalue weighted by Crippen LogP contribution is 2.28. The number of carbonyl (C=O) groups excluding carboxylic acids is 2. The monoisotopic (exact) mass is 336 g/mol. The molecule has 24 heavy (non-hydrogen) atoms. The summed E-state index contributed by atoms with van der Waals surface area (Å²) in [6.07, 6.45) is 0.607. The van der Waals surface area contributed by atoms with E-state index in [-0.39, 0.29) is 0 Å². The zero-order chi connectivity index (χ0) is 17.9. The SMILES string of the molecule is CCOc1ccc(CCNC(=O)C(=O)NCC(C)C)cc1OCC. The minimum absolute atomic E-state index is 0.308. The molecule has 0 bridgehead atoms. The maximum atomic E-state index is 11.7. The Morgan fingerprint density at radius 2 is 1.62 bits per heavy atom. The smallest absolute Gasteiger partial charge is 0.309 e. The van der Waals surface area contributed by atoms with Gasteiger partial charge in [-0.15, -0.1) is 0 Å². The fourth-order valence-corrected chi connectivity index (χ4v) is 2.03. The summed E-state index contributed by atoms with van der Waals surface area (Å²) in [6, 6.07) is 5.69. The average Bonchev–Trinajstić information content (AvgIpc) is 2.55. The Labute approximate surface area is 143 Å². The van der Waals surface area contributed by atoms with Crippen LogP contribution < -0.4 is 20.1 Å². The van der Waals surface area contributed by atoms with E-state index in [1.54, 1.807) is 0 Å². The van der Waals surface area contributed by atoms with Crippen molar-refractivity contribution in [3.63, 3.8) is 0 Å². The summed E-state index contributed by atoms with van der Waals surface area (Å²) in [6.45, 7) is 9.77. The van der Waals surface area contributed by atoms with Gasteiger partial charge in [-0.05, 0) is 43.9 Å². The molecule has 2 amide bonds. The molecule has 0 saturated heterocycles. The minimum Gasteiger partial charge on any atom is -0.490 e. The predicted molar refractivity (Wildman–Crippen MR) is 93.3 cm³/mol. The van der Waals surface area contributed by atoms with Gasteiger partial charge in [-0.2, -0.15) is 0 Å². The standard InChI is InChI=1S/C18H28N2O4/c1-5-23-15-8-7-14(11-16(15)24-6-2)9-10-19-17(21)18(22)20-12-13(3)4/h7-8,11,13H,5-6,9-10,12H2,1-4H3,(H,19,21)(H,20,22). The molecule has 1 aromatic carbocycles. The Morgan fingerprint density at radius 1 is 1.00 bits per heavy atom. The number of nitrogens with one attached hydrogen (secondary N) is 2. The fourth-order valence-electron chi connectivity index (χ4n) is 2.03. The highest BCUT2D eigenvalue weighted by molar-refractivity contribution is 6.35. The van der Waals surface area contributed by atoms with E-state index in [1.165, 1.54) is 0 Å². The number of benzene rings is 1. The topological polar surface area (TPSA) is 76.7 Å². The number of hydrogen-bond donors (Lipinski definition) is 2. The van der Waals surface area contributed by atoms with Gasteiger partial charge in [0.15, 0.2) is 11.5 Å². The van der Waals surface area contributed by atoms with Crippen molar-refractivity contribution < 1.29 is 19.1 Å². The summed E-state index contributed by atoms with van der Waals surface area (Å²) in [4.78, 5) is 23.3. The van der Waals surface area contributed by atoms with Gasteiger partial charge in [0.1, 0.15) is 0 Å². The van der Waals surface area contributed by atoms with Gasteiger partial charge < -0.3 is 20.1 Å². The number of hydrogen-bond acceptors (Lipinski definition) is 4. The molecule has 0 aliphatic heterocycles. The van der Waals surface area contributed by atoms with Crippen molar-refractivity contribution >= 4 is 11.8 Å². The van der Waals surface area contributed by atoms with E-state index in [1.807, 2.05) is 45.9 Å². The molecular weight excluding hydrogens is 308 g/mol. The van der Waals surface area contributed by atoms with Crippen molar-refractivity contribution in [2.75, 3.05) is 26.3 Å². The molecule has 0 aliphatic rings. The van der Waals surface area contributed by atoms with E-state index in [0.29, 0.717) is 50.1 Å². The molecule has 2 N–H and O–H groups in total. The van der Waals surface area contributed by atoms with E-state index in [0.717, 1.165) is 5.56 Å². The molecular formula is C18H28N2O4. The Balaban J connectivity index is 2.50. The van der Waals surface area contributed by atoms with Gasteiger partial charge in [-0.1, -0.05) is 19.9 Å². The first-order chi connectivity index (χ1) is 11.5. The van der Waals surface area contributed by atoms with Gasteiger partial charge >= 0.3 is 11.8 Å². The lowest BCUT2D eigenvalue weighted by Gasteiger charge is -2.12. The van der Waals surface area contributed by atoms with Crippen LogP contribution in [0, 0.1) is 5.92 Å². The van der Waals surface area contributed by atoms with Crippen LogP contribution >= 0.6 is 0 Å². The molecule has 0 atom stereocenters.